The maximum atomic E-state index is 4.11. The topological polar surface area (TPSA) is 232 Å². The molecule has 18 heteroatoms. The van der Waals surface area contributed by atoms with Crippen molar-refractivity contribution >= 4 is 0 Å². The molecule has 0 saturated heterocycles. The van der Waals surface area contributed by atoms with Crippen LogP contribution in [0.15, 0.2) is 123 Å². The van der Waals surface area contributed by atoms with Gasteiger partial charge in [-0.15, -0.1) is 5.10 Å². The van der Waals surface area contributed by atoms with Crippen LogP contribution in [-0.2, 0) is 0 Å². The lowest BCUT2D eigenvalue weighted by molar-refractivity contribution is 0.848. The monoisotopic (exact) mass is 1350 g/mol. The van der Waals surface area contributed by atoms with E-state index in [-0.39, 0.29) is 0 Å². The molecule has 0 fully saturated rings. The Kier molecular flexibility index (Phi) is 79.0. The van der Waals surface area contributed by atoms with Crippen LogP contribution in [0.5, 0.6) is 0 Å². The van der Waals surface area contributed by atoms with Crippen molar-refractivity contribution in [2.75, 3.05) is 0 Å². The Balaban J connectivity index is -0.000000150. The van der Waals surface area contributed by atoms with Gasteiger partial charge < -0.3 is 0 Å². The molecule has 0 aliphatic heterocycles. The number of rotatable bonds is 0. The van der Waals surface area contributed by atoms with Gasteiger partial charge in [-0.25, -0.2) is 39.9 Å². The summed E-state index contributed by atoms with van der Waals surface area (Å²) >= 11 is 0. The van der Waals surface area contributed by atoms with Crippen molar-refractivity contribution in [3.8, 4) is 0 Å². The third-order valence-corrected chi connectivity index (χ3v) is 10.7. The Morgan fingerprint density at radius 2 is 0.643 bits per heavy atom. The minimum absolute atomic E-state index is 0.734. The van der Waals surface area contributed by atoms with Gasteiger partial charge in [-0.2, -0.15) is 25.5 Å². The second-order valence-electron chi connectivity index (χ2n) is 19.1. The molecule has 0 bridgehead atoms. The van der Waals surface area contributed by atoms with Crippen molar-refractivity contribution in [2.24, 2.45) is 0 Å². The van der Waals surface area contributed by atoms with Crippen molar-refractivity contribution in [3.63, 3.8) is 0 Å². The molecule has 0 aliphatic rings. The van der Waals surface area contributed by atoms with Crippen LogP contribution >= 0.6 is 0 Å². The molecule has 10 rings (SSSR count). The van der Waals surface area contributed by atoms with Gasteiger partial charge >= 0.3 is 0 Å². The Morgan fingerprint density at radius 3 is 0.888 bits per heavy atom. The summed E-state index contributed by atoms with van der Waals surface area (Å²) in [7, 11) is 0. The zero-order valence-corrected chi connectivity index (χ0v) is 68.6. The van der Waals surface area contributed by atoms with Crippen molar-refractivity contribution in [2.45, 2.75) is 263 Å². The van der Waals surface area contributed by atoms with E-state index in [1.165, 1.54) is 27.8 Å². The van der Waals surface area contributed by atoms with Gasteiger partial charge in [0.15, 0.2) is 0 Å². The minimum atomic E-state index is 0.734. The van der Waals surface area contributed by atoms with Crippen LogP contribution in [0.3, 0.4) is 0 Å². The highest BCUT2D eigenvalue weighted by atomic mass is 15.2. The average Bonchev–Trinajstić information content (AvgIpc) is 1.19. The molecule has 98 heavy (non-hydrogen) atoms. The lowest BCUT2D eigenvalue weighted by Crippen LogP contribution is -1.97. The first-order valence-corrected chi connectivity index (χ1v) is 34.6. The van der Waals surface area contributed by atoms with E-state index in [4.69, 9.17) is 0 Å². The molecule has 0 amide bonds. The summed E-state index contributed by atoms with van der Waals surface area (Å²) in [5, 5.41) is 22.7. The Hall–Kier alpha value is -9.06. The lowest BCUT2D eigenvalue weighted by Gasteiger charge is -1.94. The third kappa shape index (κ3) is 65.6. The molecule has 1 aromatic carbocycles. The maximum Gasteiger partial charge on any atom is 0.148 e. The van der Waals surface area contributed by atoms with Crippen LogP contribution in [0.2, 0.25) is 0 Å². The zero-order valence-electron chi connectivity index (χ0n) is 68.6. The normalized spacial score (nSPS) is 8.31. The second kappa shape index (κ2) is 73.7. The van der Waals surface area contributed by atoms with E-state index in [0.29, 0.717) is 0 Å². The fraction of sp³-hybridized carbons (Fsp3) is 0.475. The van der Waals surface area contributed by atoms with E-state index in [1.54, 1.807) is 37.3 Å². The Labute approximate surface area is 598 Å². The molecule has 0 saturated carbocycles. The number of benzene rings is 1. The third-order valence-electron chi connectivity index (χ3n) is 10.7. The number of aromatic nitrogens is 18. The second-order valence-corrected chi connectivity index (χ2v) is 19.1. The van der Waals surface area contributed by atoms with Gasteiger partial charge in [0.2, 0.25) is 0 Å². The summed E-state index contributed by atoms with van der Waals surface area (Å²) < 4.78 is 0. The fourth-order valence-electron chi connectivity index (χ4n) is 6.08. The summed E-state index contributed by atoms with van der Waals surface area (Å²) in [6, 6.07) is 22.2. The molecule has 18 nitrogen and oxygen atoms in total. The molecule has 0 radical (unpaired) electrons. The van der Waals surface area contributed by atoms with Gasteiger partial charge in [0.1, 0.15) is 35.4 Å². The van der Waals surface area contributed by atoms with E-state index in [9.17, 15) is 0 Å². The number of hydrogen-bond acceptors (Lipinski definition) is 18. The van der Waals surface area contributed by atoms with Crippen LogP contribution < -0.4 is 0 Å². The van der Waals surface area contributed by atoms with E-state index in [2.05, 4.69) is 155 Å². The van der Waals surface area contributed by atoms with Crippen molar-refractivity contribution in [1.82, 2.24) is 90.4 Å². The summed E-state index contributed by atoms with van der Waals surface area (Å²) in [5.74, 6) is 3.95. The first-order chi connectivity index (χ1) is 46.7. The maximum absolute atomic E-state index is 4.11. The fourth-order valence-corrected chi connectivity index (χ4v) is 6.08. The average molecular weight is 1350 g/mol. The Bertz CT molecular complexity index is 2840. The largest absolute Gasteiger partial charge is 0.264 e. The van der Waals surface area contributed by atoms with E-state index < -0.39 is 0 Å². The van der Waals surface area contributed by atoms with Crippen molar-refractivity contribution < 1.29 is 0 Å². The van der Waals surface area contributed by atoms with Crippen LogP contribution in [-0.4, -0.2) is 90.4 Å². The van der Waals surface area contributed by atoms with Crippen LogP contribution in [0.25, 0.3) is 0 Å². The molecule has 0 N–H and O–H groups in total. The van der Waals surface area contributed by atoms with E-state index in [1.807, 2.05) is 283 Å². The zero-order chi connectivity index (χ0) is 77.6. The smallest absolute Gasteiger partial charge is 0.148 e. The van der Waals surface area contributed by atoms with E-state index >= 15 is 0 Å². The quantitative estimate of drug-likeness (QED) is 0.137. The molecule has 0 atom stereocenters. The summed E-state index contributed by atoms with van der Waals surface area (Å²) in [6.45, 7) is 75.2. The molecule has 9 aromatic heterocycles. The van der Waals surface area contributed by atoms with Gasteiger partial charge in [-0.3, -0.25) is 19.9 Å². The van der Waals surface area contributed by atoms with Crippen molar-refractivity contribution in [1.29, 1.82) is 0 Å². The van der Waals surface area contributed by atoms with Crippen LogP contribution in [0.1, 0.15) is 236 Å². The van der Waals surface area contributed by atoms with Gasteiger partial charge in [0.05, 0.1) is 46.6 Å². The number of nitrogens with zero attached hydrogens (tertiary/aromatic N) is 18. The summed E-state index contributed by atoms with van der Waals surface area (Å²) in [6.07, 6.45) is 15.8. The Morgan fingerprint density at radius 1 is 0.224 bits per heavy atom. The standard InChI is InChI=1S/C8H10.2C7H9N.2C6H9N3.5C6H8N2.8C2H6/c1-7-5-3-4-6-8(7)2;1-6-3-4-8-5-7(6)2;1-6-4-3-5-8-7(6)2;1-4-7-5(2)9-6(3)8-4;1-4-5(2)8-9-6(3)7-4;1-5-3-7-4-6(2)8-5;1-5-3-6(2)8-4-7-5;2*1-5-3-6(2)8-7-4-5;1-5-3-4-7-6(2)8-5;8*1-2/h3-6H,1-2H3;2*3-5H,1-2H3;2*1-3H3;5*3-4H,1-2H3;8*1-2H3. The van der Waals surface area contributed by atoms with E-state index in [0.717, 1.165) is 97.2 Å². The van der Waals surface area contributed by atoms with Gasteiger partial charge in [-0.05, 0) is 228 Å². The molecule has 0 unspecified atom stereocenters. The first-order valence-electron chi connectivity index (χ1n) is 34.6. The van der Waals surface area contributed by atoms with Gasteiger partial charge in [0.25, 0.3) is 0 Å². The number of hydrogen-bond donors (Lipinski definition) is 0. The summed E-state index contributed by atoms with van der Waals surface area (Å²) in [5.41, 5.74) is 18.9. The molecular weight excluding hydrogens is 1210 g/mol. The highest BCUT2D eigenvalue weighted by Gasteiger charge is 1.95. The summed E-state index contributed by atoms with van der Waals surface area (Å²) in [4.78, 5) is 48.0. The van der Waals surface area contributed by atoms with Gasteiger partial charge in [0, 0.05) is 60.0 Å². The highest BCUT2D eigenvalue weighted by molar-refractivity contribution is 5.23. The molecule has 544 valence electrons. The van der Waals surface area contributed by atoms with Crippen LogP contribution in [0.4, 0.5) is 0 Å². The van der Waals surface area contributed by atoms with Crippen LogP contribution in [0, 0.1) is 152 Å². The molecule has 10 aromatic rings. The molecule has 0 spiro atoms. The predicted octanol–water partition coefficient (Wildman–Crippen LogP) is 21.0. The van der Waals surface area contributed by atoms with Gasteiger partial charge in [-0.1, -0.05) is 141 Å². The predicted molar refractivity (Wildman–Crippen MR) is 420 cm³/mol. The van der Waals surface area contributed by atoms with Crippen molar-refractivity contribution in [3.05, 3.63) is 248 Å². The minimum Gasteiger partial charge on any atom is -0.264 e. The number of pyridine rings is 2. The molecule has 9 heterocycles. The highest BCUT2D eigenvalue weighted by Crippen LogP contribution is 2.04. The lowest BCUT2D eigenvalue weighted by atomic mass is 10.1. The SMILES string of the molecule is CC.CC.CC.CC.CC.CC.CC.CC.Cc1cc(C)ncn1.Cc1ccccc1C.Cc1cccnc1C.Cc1ccnc(C)n1.Cc1ccncc1C.Cc1cncc(C)n1.Cc1cnnc(C)c1.Cc1cnnc(C)c1.Cc1nc(C)nc(C)n1.Cc1nnc(C)c(C)n1. The molecule has 0 aliphatic carbocycles. The first kappa shape index (κ1) is 105. The number of aryl methyl sites for hydroxylation is 22. The molecular formula is C80H134N18.